The Hall–Kier alpha value is -0.830. The van der Waals surface area contributed by atoms with E-state index in [0.29, 0.717) is 6.04 Å². The van der Waals surface area contributed by atoms with Gasteiger partial charge in [-0.15, -0.1) is 11.8 Å². The summed E-state index contributed by atoms with van der Waals surface area (Å²) >= 11 is 1.85. The van der Waals surface area contributed by atoms with E-state index in [4.69, 9.17) is 0 Å². The van der Waals surface area contributed by atoms with E-state index in [-0.39, 0.29) is 0 Å². The molecular weight excluding hydrogens is 192 g/mol. The van der Waals surface area contributed by atoms with Crippen molar-refractivity contribution in [2.24, 2.45) is 9.98 Å². The van der Waals surface area contributed by atoms with E-state index >= 15 is 0 Å². The molecule has 0 aromatic carbocycles. The molecule has 2 aliphatic heterocycles. The number of hydrogen-bond donors (Lipinski definition) is 0. The van der Waals surface area contributed by atoms with E-state index in [2.05, 4.69) is 36.0 Å². The molecule has 0 saturated heterocycles. The zero-order valence-electron chi connectivity index (χ0n) is 8.53. The highest BCUT2D eigenvalue weighted by atomic mass is 32.2. The molecule has 1 unspecified atom stereocenters. The van der Waals surface area contributed by atoms with Crippen molar-refractivity contribution in [2.45, 2.75) is 19.9 Å². The molecule has 3 heteroatoms. The van der Waals surface area contributed by atoms with Gasteiger partial charge in [-0.3, -0.25) is 9.98 Å². The Morgan fingerprint density at radius 3 is 3.07 bits per heavy atom. The van der Waals surface area contributed by atoms with Gasteiger partial charge in [0.2, 0.25) is 0 Å². The van der Waals surface area contributed by atoms with Crippen molar-refractivity contribution in [3.05, 3.63) is 23.3 Å². The predicted molar refractivity (Wildman–Crippen MR) is 64.6 cm³/mol. The predicted octanol–water partition coefficient (Wildman–Crippen LogP) is 2.48. The smallest absolute Gasteiger partial charge is 0.0978 e. The highest BCUT2D eigenvalue weighted by Gasteiger charge is 2.16. The molecule has 0 saturated carbocycles. The second-order valence-electron chi connectivity index (χ2n) is 3.64. The summed E-state index contributed by atoms with van der Waals surface area (Å²) in [6.07, 6.45) is 6.24. The molecule has 0 aromatic rings. The molecule has 2 heterocycles. The average molecular weight is 206 g/mol. The van der Waals surface area contributed by atoms with Gasteiger partial charge in [0.1, 0.15) is 0 Å². The summed E-state index contributed by atoms with van der Waals surface area (Å²) in [5, 5.41) is 1.18. The van der Waals surface area contributed by atoms with Crippen LogP contribution in [-0.2, 0) is 0 Å². The van der Waals surface area contributed by atoms with E-state index in [1.807, 2.05) is 18.0 Å². The third-order valence-electron chi connectivity index (χ3n) is 2.14. The fourth-order valence-corrected chi connectivity index (χ4v) is 2.51. The Morgan fingerprint density at radius 2 is 2.36 bits per heavy atom. The van der Waals surface area contributed by atoms with Crippen LogP contribution in [0.2, 0.25) is 0 Å². The summed E-state index contributed by atoms with van der Waals surface area (Å²) in [7, 11) is 0. The Morgan fingerprint density at radius 1 is 1.50 bits per heavy atom. The number of thioether (sulfide) groups is 1. The molecule has 0 bridgehead atoms. The highest BCUT2D eigenvalue weighted by molar-refractivity contribution is 8.14. The van der Waals surface area contributed by atoms with Crippen molar-refractivity contribution in [3.63, 3.8) is 0 Å². The SMILES string of the molecule is CC1=CC(C2=NC(C)CS2)=CCN=C1. The summed E-state index contributed by atoms with van der Waals surface area (Å²) in [6.45, 7) is 5.01. The molecule has 0 fully saturated rings. The molecule has 0 amide bonds. The molecular formula is C11H14N2S. The van der Waals surface area contributed by atoms with Crippen molar-refractivity contribution in [1.29, 1.82) is 0 Å². The molecule has 1 atom stereocenters. The van der Waals surface area contributed by atoms with Crippen LogP contribution in [0.1, 0.15) is 13.8 Å². The molecule has 2 nitrogen and oxygen atoms in total. The first-order chi connectivity index (χ1) is 6.75. The van der Waals surface area contributed by atoms with Crippen LogP contribution in [0.25, 0.3) is 0 Å². The van der Waals surface area contributed by atoms with Gasteiger partial charge in [0.25, 0.3) is 0 Å². The summed E-state index contributed by atoms with van der Waals surface area (Å²) in [5.41, 5.74) is 2.45. The molecule has 0 aromatic heterocycles. The lowest BCUT2D eigenvalue weighted by Crippen LogP contribution is -1.94. The van der Waals surface area contributed by atoms with Crippen molar-refractivity contribution >= 4 is 23.0 Å². The van der Waals surface area contributed by atoms with Gasteiger partial charge in [0, 0.05) is 17.5 Å². The number of hydrogen-bond acceptors (Lipinski definition) is 3. The second-order valence-corrected chi connectivity index (χ2v) is 4.65. The highest BCUT2D eigenvalue weighted by Crippen LogP contribution is 2.24. The lowest BCUT2D eigenvalue weighted by Gasteiger charge is -1.99. The molecule has 74 valence electrons. The van der Waals surface area contributed by atoms with E-state index in [1.165, 1.54) is 16.2 Å². The van der Waals surface area contributed by atoms with Gasteiger partial charge in [-0.05, 0) is 25.5 Å². The van der Waals surface area contributed by atoms with Crippen LogP contribution in [0, 0.1) is 0 Å². The number of nitrogens with zero attached hydrogens (tertiary/aromatic N) is 2. The monoisotopic (exact) mass is 206 g/mol. The first-order valence-electron chi connectivity index (χ1n) is 4.85. The van der Waals surface area contributed by atoms with Gasteiger partial charge in [-0.2, -0.15) is 0 Å². The van der Waals surface area contributed by atoms with Gasteiger partial charge >= 0.3 is 0 Å². The molecule has 0 aliphatic carbocycles. The van der Waals surface area contributed by atoms with E-state index < -0.39 is 0 Å². The molecule has 0 radical (unpaired) electrons. The largest absolute Gasteiger partial charge is 0.289 e. The third kappa shape index (κ3) is 2.15. The molecule has 0 spiro atoms. The maximum atomic E-state index is 4.60. The first kappa shape index (κ1) is 9.71. The summed E-state index contributed by atoms with van der Waals surface area (Å²) in [6, 6.07) is 0.466. The first-order valence-corrected chi connectivity index (χ1v) is 5.83. The number of aliphatic imine (C=N–C) groups is 2. The topological polar surface area (TPSA) is 24.7 Å². The van der Waals surface area contributed by atoms with Crippen LogP contribution in [0.15, 0.2) is 33.3 Å². The van der Waals surface area contributed by atoms with Gasteiger partial charge in [-0.1, -0.05) is 6.08 Å². The molecule has 2 aliphatic rings. The minimum absolute atomic E-state index is 0.466. The normalized spacial score (nSPS) is 26.7. The zero-order chi connectivity index (χ0) is 9.97. The zero-order valence-corrected chi connectivity index (χ0v) is 9.34. The van der Waals surface area contributed by atoms with Crippen LogP contribution in [0.5, 0.6) is 0 Å². The lowest BCUT2D eigenvalue weighted by atomic mass is 10.2. The molecule has 2 rings (SSSR count). The number of rotatable bonds is 1. The average Bonchev–Trinajstić information content (AvgIpc) is 2.45. The Balaban J connectivity index is 2.23. The van der Waals surface area contributed by atoms with Crippen LogP contribution in [-0.4, -0.2) is 29.6 Å². The van der Waals surface area contributed by atoms with Gasteiger partial charge in [-0.25, -0.2) is 0 Å². The fourth-order valence-electron chi connectivity index (χ4n) is 1.47. The van der Waals surface area contributed by atoms with Gasteiger partial charge in [0.05, 0.1) is 17.6 Å². The van der Waals surface area contributed by atoms with Crippen molar-refractivity contribution < 1.29 is 0 Å². The standard InChI is InChI=1S/C11H14N2S/c1-8-5-10(3-4-12-6-8)11-13-9(2)7-14-11/h3,5-6,9H,4,7H2,1-2H3. The Labute approximate surface area is 88.9 Å². The quantitative estimate of drug-likeness (QED) is 0.647. The fraction of sp³-hybridized carbons (Fsp3) is 0.455. The number of allylic oxidation sites excluding steroid dienone is 2. The summed E-state index contributed by atoms with van der Waals surface area (Å²) in [4.78, 5) is 8.86. The van der Waals surface area contributed by atoms with Crippen molar-refractivity contribution in [1.82, 2.24) is 0 Å². The van der Waals surface area contributed by atoms with Crippen LogP contribution in [0.3, 0.4) is 0 Å². The minimum atomic E-state index is 0.466. The maximum Gasteiger partial charge on any atom is 0.0978 e. The van der Waals surface area contributed by atoms with Crippen molar-refractivity contribution in [2.75, 3.05) is 12.3 Å². The van der Waals surface area contributed by atoms with Crippen LogP contribution < -0.4 is 0 Å². The van der Waals surface area contributed by atoms with Gasteiger partial charge in [0.15, 0.2) is 0 Å². The molecule has 0 N–H and O–H groups in total. The van der Waals surface area contributed by atoms with E-state index in [0.717, 1.165) is 12.3 Å². The maximum absolute atomic E-state index is 4.60. The van der Waals surface area contributed by atoms with E-state index in [1.54, 1.807) is 0 Å². The minimum Gasteiger partial charge on any atom is -0.289 e. The Bertz CT molecular complexity index is 350. The van der Waals surface area contributed by atoms with Crippen LogP contribution in [0.4, 0.5) is 0 Å². The summed E-state index contributed by atoms with van der Waals surface area (Å²) < 4.78 is 0. The second kappa shape index (κ2) is 4.13. The van der Waals surface area contributed by atoms with Crippen LogP contribution >= 0.6 is 11.8 Å². The summed E-state index contributed by atoms with van der Waals surface area (Å²) in [5.74, 6) is 1.11. The lowest BCUT2D eigenvalue weighted by molar-refractivity contribution is 0.865. The Kier molecular flexibility index (Phi) is 2.87. The third-order valence-corrected chi connectivity index (χ3v) is 3.40. The van der Waals surface area contributed by atoms with E-state index in [9.17, 15) is 0 Å². The van der Waals surface area contributed by atoms with Crippen molar-refractivity contribution in [3.8, 4) is 0 Å². The molecule has 14 heavy (non-hydrogen) atoms. The van der Waals surface area contributed by atoms with Gasteiger partial charge < -0.3 is 0 Å².